The van der Waals surface area contributed by atoms with Gasteiger partial charge in [-0.1, -0.05) is 31.4 Å². The first-order valence-corrected chi connectivity index (χ1v) is 7.95. The van der Waals surface area contributed by atoms with Gasteiger partial charge in [0.05, 0.1) is 18.8 Å². The molecule has 5 nitrogen and oxygen atoms in total. The third kappa shape index (κ3) is 4.56. The Labute approximate surface area is 122 Å². The van der Waals surface area contributed by atoms with E-state index >= 15 is 0 Å². The zero-order valence-electron chi connectivity index (χ0n) is 12.9. The first-order chi connectivity index (χ1) is 9.83. The highest BCUT2D eigenvalue weighted by molar-refractivity contribution is 4.92. The maximum Gasteiger partial charge on any atom is 0.108 e. The van der Waals surface area contributed by atoms with Crippen LogP contribution >= 0.6 is 0 Å². The van der Waals surface area contributed by atoms with Crippen LogP contribution in [0, 0.1) is 0 Å². The minimum absolute atomic E-state index is 0.514. The Balaban J connectivity index is 1.70. The molecule has 2 heterocycles. The Morgan fingerprint density at radius 1 is 1.25 bits per heavy atom. The van der Waals surface area contributed by atoms with E-state index in [1.165, 1.54) is 58.2 Å². The zero-order chi connectivity index (χ0) is 14.2. The molecule has 0 spiro atoms. The standard InChI is InChI=1S/C15H28N4O/c1-3-4-5-6-9-18-10-7-15(8-11-18)19-12-14(13-20-2)16-17-19/h12,15H,3-11,13H2,1-2H3. The van der Waals surface area contributed by atoms with Crippen LogP contribution in [0.25, 0.3) is 0 Å². The lowest BCUT2D eigenvalue weighted by Gasteiger charge is -2.31. The summed E-state index contributed by atoms with van der Waals surface area (Å²) in [4.78, 5) is 2.60. The monoisotopic (exact) mass is 280 g/mol. The van der Waals surface area contributed by atoms with Gasteiger partial charge in [-0.15, -0.1) is 5.10 Å². The van der Waals surface area contributed by atoms with Gasteiger partial charge in [0.15, 0.2) is 0 Å². The van der Waals surface area contributed by atoms with Crippen molar-refractivity contribution in [3.8, 4) is 0 Å². The Bertz CT molecular complexity index is 372. The fourth-order valence-corrected chi connectivity index (χ4v) is 2.88. The number of piperidine rings is 1. The fourth-order valence-electron chi connectivity index (χ4n) is 2.88. The van der Waals surface area contributed by atoms with E-state index < -0.39 is 0 Å². The third-order valence-electron chi connectivity index (χ3n) is 4.11. The Morgan fingerprint density at radius 2 is 2.05 bits per heavy atom. The minimum Gasteiger partial charge on any atom is -0.378 e. The van der Waals surface area contributed by atoms with Crippen molar-refractivity contribution >= 4 is 0 Å². The van der Waals surface area contributed by atoms with E-state index in [0.29, 0.717) is 12.6 Å². The maximum atomic E-state index is 5.09. The van der Waals surface area contributed by atoms with Crippen molar-refractivity contribution in [1.82, 2.24) is 19.9 Å². The summed E-state index contributed by atoms with van der Waals surface area (Å²) in [6, 6.07) is 0.514. The summed E-state index contributed by atoms with van der Waals surface area (Å²) < 4.78 is 7.12. The molecule has 0 atom stereocenters. The van der Waals surface area contributed by atoms with Gasteiger partial charge in [-0.2, -0.15) is 0 Å². The molecule has 20 heavy (non-hydrogen) atoms. The van der Waals surface area contributed by atoms with Crippen LogP contribution in [0.15, 0.2) is 6.20 Å². The molecule has 1 saturated heterocycles. The normalized spacial score (nSPS) is 17.7. The molecule has 0 N–H and O–H groups in total. The molecule has 0 radical (unpaired) electrons. The lowest BCUT2D eigenvalue weighted by Crippen LogP contribution is -2.35. The summed E-state index contributed by atoms with van der Waals surface area (Å²) in [5.41, 5.74) is 0.925. The largest absolute Gasteiger partial charge is 0.378 e. The average molecular weight is 280 g/mol. The lowest BCUT2D eigenvalue weighted by molar-refractivity contribution is 0.175. The van der Waals surface area contributed by atoms with Crippen LogP contribution in [0.4, 0.5) is 0 Å². The molecule has 1 aromatic rings. The second-order valence-electron chi connectivity index (χ2n) is 5.76. The summed E-state index contributed by atoms with van der Waals surface area (Å²) >= 11 is 0. The summed E-state index contributed by atoms with van der Waals surface area (Å²) in [6.45, 7) is 6.46. The average Bonchev–Trinajstić information content (AvgIpc) is 2.93. The van der Waals surface area contributed by atoms with Crippen LogP contribution in [0.3, 0.4) is 0 Å². The third-order valence-corrected chi connectivity index (χ3v) is 4.11. The zero-order valence-corrected chi connectivity index (χ0v) is 12.9. The molecular formula is C15H28N4O. The number of hydrogen-bond donors (Lipinski definition) is 0. The Hall–Kier alpha value is -0.940. The first kappa shape index (κ1) is 15.4. The molecule has 114 valence electrons. The van der Waals surface area contributed by atoms with Gasteiger partial charge in [-0.3, -0.25) is 0 Å². The second kappa shape index (κ2) is 8.37. The van der Waals surface area contributed by atoms with E-state index in [1.807, 2.05) is 10.9 Å². The van der Waals surface area contributed by atoms with E-state index in [9.17, 15) is 0 Å². The molecule has 0 unspecified atom stereocenters. The predicted molar refractivity (Wildman–Crippen MR) is 79.6 cm³/mol. The van der Waals surface area contributed by atoms with Crippen LogP contribution in [0.2, 0.25) is 0 Å². The molecule has 0 aromatic carbocycles. The number of methoxy groups -OCH3 is 1. The predicted octanol–water partition coefficient (Wildman–Crippen LogP) is 2.64. The van der Waals surface area contributed by atoms with Crippen molar-refractivity contribution < 1.29 is 4.74 Å². The molecule has 1 aliphatic heterocycles. The Morgan fingerprint density at radius 3 is 2.75 bits per heavy atom. The van der Waals surface area contributed by atoms with Crippen LogP contribution < -0.4 is 0 Å². The van der Waals surface area contributed by atoms with Crippen LogP contribution in [-0.2, 0) is 11.3 Å². The Kier molecular flexibility index (Phi) is 6.47. The minimum atomic E-state index is 0.514. The molecule has 0 amide bonds. The smallest absolute Gasteiger partial charge is 0.108 e. The number of likely N-dealkylation sites (tertiary alicyclic amines) is 1. The van der Waals surface area contributed by atoms with E-state index in [1.54, 1.807) is 7.11 Å². The van der Waals surface area contributed by atoms with Crippen molar-refractivity contribution in [2.75, 3.05) is 26.7 Å². The quantitative estimate of drug-likeness (QED) is 0.687. The van der Waals surface area contributed by atoms with Gasteiger partial charge in [0.25, 0.3) is 0 Å². The summed E-state index contributed by atoms with van der Waals surface area (Å²) in [5, 5.41) is 8.38. The van der Waals surface area contributed by atoms with Crippen LogP contribution in [0.1, 0.15) is 57.2 Å². The SMILES string of the molecule is CCCCCCN1CCC(n2cc(COC)nn2)CC1. The highest BCUT2D eigenvalue weighted by atomic mass is 16.5. The van der Waals surface area contributed by atoms with Crippen molar-refractivity contribution in [2.45, 2.75) is 58.1 Å². The van der Waals surface area contributed by atoms with Crippen molar-refractivity contribution in [3.05, 3.63) is 11.9 Å². The van der Waals surface area contributed by atoms with Crippen molar-refractivity contribution in [1.29, 1.82) is 0 Å². The van der Waals surface area contributed by atoms with E-state index in [4.69, 9.17) is 4.74 Å². The van der Waals surface area contributed by atoms with Crippen LogP contribution in [0.5, 0.6) is 0 Å². The second-order valence-corrected chi connectivity index (χ2v) is 5.76. The number of nitrogens with zero attached hydrogens (tertiary/aromatic N) is 4. The number of ether oxygens (including phenoxy) is 1. The number of aromatic nitrogens is 3. The number of unbranched alkanes of at least 4 members (excludes halogenated alkanes) is 3. The lowest BCUT2D eigenvalue weighted by atomic mass is 10.0. The van der Waals surface area contributed by atoms with Gasteiger partial charge in [0, 0.05) is 20.2 Å². The van der Waals surface area contributed by atoms with Crippen molar-refractivity contribution in [2.24, 2.45) is 0 Å². The van der Waals surface area contributed by atoms with Gasteiger partial charge in [0.2, 0.25) is 0 Å². The molecule has 2 rings (SSSR count). The molecular weight excluding hydrogens is 252 g/mol. The van der Waals surface area contributed by atoms with Gasteiger partial charge in [-0.25, -0.2) is 4.68 Å². The molecule has 0 aliphatic carbocycles. The fraction of sp³-hybridized carbons (Fsp3) is 0.867. The van der Waals surface area contributed by atoms with Gasteiger partial charge in [0.1, 0.15) is 5.69 Å². The van der Waals surface area contributed by atoms with Crippen LogP contribution in [-0.4, -0.2) is 46.6 Å². The summed E-state index contributed by atoms with van der Waals surface area (Å²) in [7, 11) is 1.69. The summed E-state index contributed by atoms with van der Waals surface area (Å²) in [6.07, 6.45) is 9.81. The molecule has 1 aromatic heterocycles. The van der Waals surface area contributed by atoms with E-state index in [-0.39, 0.29) is 0 Å². The molecule has 5 heteroatoms. The highest BCUT2D eigenvalue weighted by Crippen LogP contribution is 2.22. The van der Waals surface area contributed by atoms with Gasteiger partial charge in [-0.05, 0) is 25.8 Å². The highest BCUT2D eigenvalue weighted by Gasteiger charge is 2.21. The summed E-state index contributed by atoms with van der Waals surface area (Å²) in [5.74, 6) is 0. The van der Waals surface area contributed by atoms with E-state index in [0.717, 1.165) is 5.69 Å². The van der Waals surface area contributed by atoms with Gasteiger partial charge < -0.3 is 9.64 Å². The maximum absolute atomic E-state index is 5.09. The first-order valence-electron chi connectivity index (χ1n) is 7.95. The molecule has 0 bridgehead atoms. The molecule has 1 fully saturated rings. The number of rotatable bonds is 8. The van der Waals surface area contributed by atoms with Crippen molar-refractivity contribution in [3.63, 3.8) is 0 Å². The van der Waals surface area contributed by atoms with Gasteiger partial charge >= 0.3 is 0 Å². The van der Waals surface area contributed by atoms with E-state index in [2.05, 4.69) is 22.1 Å². The molecule has 1 aliphatic rings. The number of hydrogen-bond acceptors (Lipinski definition) is 4. The topological polar surface area (TPSA) is 43.2 Å². The molecule has 0 saturated carbocycles.